The zero-order chi connectivity index (χ0) is 12.8. The van der Waals surface area contributed by atoms with E-state index in [1.807, 2.05) is 0 Å². The second kappa shape index (κ2) is 4.58. The van der Waals surface area contributed by atoms with Crippen LogP contribution in [0.5, 0.6) is 0 Å². The first-order valence-corrected chi connectivity index (χ1v) is 8.58. The molecule has 4 rings (SSSR count). The Morgan fingerprint density at radius 2 is 2.21 bits per heavy atom. The van der Waals surface area contributed by atoms with Gasteiger partial charge >= 0.3 is 119 Å². The fourth-order valence-electron chi connectivity index (χ4n) is 3.22. The summed E-state index contributed by atoms with van der Waals surface area (Å²) in [6, 6.07) is 8.43. The van der Waals surface area contributed by atoms with Crippen LogP contribution in [0.15, 0.2) is 26.1 Å². The van der Waals surface area contributed by atoms with E-state index in [1.54, 1.807) is 0 Å². The van der Waals surface area contributed by atoms with Crippen molar-refractivity contribution in [3.05, 3.63) is 18.2 Å². The van der Waals surface area contributed by atoms with Gasteiger partial charge in [0.25, 0.3) is 0 Å². The van der Waals surface area contributed by atoms with Crippen molar-refractivity contribution in [2.75, 3.05) is 11.9 Å². The van der Waals surface area contributed by atoms with Gasteiger partial charge in [0, 0.05) is 0 Å². The van der Waals surface area contributed by atoms with Crippen LogP contribution in [-0.2, 0) is 0 Å². The molecule has 1 aliphatic carbocycles. The summed E-state index contributed by atoms with van der Waals surface area (Å²) in [6.07, 6.45) is 4.03. The number of benzene rings is 1. The molecule has 1 aromatic rings. The number of nitrogens with zero attached hydrogens (tertiary/aromatic N) is 3. The van der Waals surface area contributed by atoms with Crippen molar-refractivity contribution < 1.29 is 0 Å². The molecule has 2 aliphatic heterocycles. The van der Waals surface area contributed by atoms with Gasteiger partial charge in [0.05, 0.1) is 0 Å². The molecule has 0 amide bonds. The normalized spacial score (nSPS) is 29.3. The van der Waals surface area contributed by atoms with E-state index in [2.05, 4.69) is 43.3 Å². The molecule has 4 nitrogen and oxygen atoms in total. The van der Waals surface area contributed by atoms with E-state index in [0.29, 0.717) is 12.1 Å². The molecule has 1 N–H and O–H groups in total. The average Bonchev–Trinajstić information content (AvgIpc) is 3.00. The Bertz CT molecular complexity index is 575. The minimum absolute atomic E-state index is 0.0587. The summed E-state index contributed by atoms with van der Waals surface area (Å²) < 4.78 is 8.99. The van der Waals surface area contributed by atoms with E-state index in [-0.39, 0.29) is 14.6 Å². The van der Waals surface area contributed by atoms with Gasteiger partial charge in [-0.25, -0.2) is 0 Å². The van der Waals surface area contributed by atoms with E-state index in [1.165, 1.54) is 31.5 Å². The quantitative estimate of drug-likeness (QED) is 0.883. The van der Waals surface area contributed by atoms with Crippen molar-refractivity contribution in [2.45, 2.75) is 44.3 Å². The molecule has 1 aromatic carbocycles. The molecule has 1 saturated carbocycles. The number of likely N-dealkylation sites (tertiary alicyclic amines) is 1. The van der Waals surface area contributed by atoms with Gasteiger partial charge in [-0.05, 0) is 0 Å². The standard InChI is InChI=1S/C14H18N4Se/c1-9-7-10(8-18(9)11-5-6-11)15-12-3-2-4-13-14(12)17-19-16-13/h2-4,9-11,15H,5-8H2,1H3. The van der Waals surface area contributed by atoms with Crippen LogP contribution < -0.4 is 5.32 Å². The van der Waals surface area contributed by atoms with Crippen molar-refractivity contribution in [2.24, 2.45) is 7.92 Å². The van der Waals surface area contributed by atoms with Gasteiger partial charge in [-0.1, -0.05) is 0 Å². The van der Waals surface area contributed by atoms with Crippen molar-refractivity contribution in [1.82, 2.24) is 4.90 Å². The van der Waals surface area contributed by atoms with Gasteiger partial charge in [-0.3, -0.25) is 0 Å². The predicted molar refractivity (Wildman–Crippen MR) is 77.6 cm³/mol. The van der Waals surface area contributed by atoms with Crippen molar-refractivity contribution in [3.63, 3.8) is 0 Å². The van der Waals surface area contributed by atoms with E-state index in [0.717, 1.165) is 17.4 Å². The number of nitrogens with one attached hydrogen (secondary N) is 1. The Hall–Kier alpha value is -0.901. The topological polar surface area (TPSA) is 40.0 Å². The molecule has 19 heavy (non-hydrogen) atoms. The van der Waals surface area contributed by atoms with Crippen LogP contribution >= 0.6 is 0 Å². The van der Waals surface area contributed by atoms with Crippen LogP contribution in [0.25, 0.3) is 0 Å². The van der Waals surface area contributed by atoms with E-state index < -0.39 is 0 Å². The van der Waals surface area contributed by atoms with Gasteiger partial charge in [0.15, 0.2) is 0 Å². The molecule has 1 saturated heterocycles. The average molecular weight is 321 g/mol. The minimum atomic E-state index is 0.0587. The third-order valence-electron chi connectivity index (χ3n) is 4.28. The van der Waals surface area contributed by atoms with Crippen LogP contribution in [-0.4, -0.2) is 44.1 Å². The summed E-state index contributed by atoms with van der Waals surface area (Å²) in [5, 5.41) is 3.70. The Balaban J connectivity index is 1.51. The molecule has 2 unspecified atom stereocenters. The molecule has 2 fully saturated rings. The number of fused-ring (bicyclic) bond motifs is 1. The van der Waals surface area contributed by atoms with Gasteiger partial charge in [-0.15, -0.1) is 0 Å². The Kier molecular flexibility index (Phi) is 2.87. The number of hydrogen-bond acceptors (Lipinski definition) is 4. The van der Waals surface area contributed by atoms with Crippen molar-refractivity contribution >= 4 is 31.6 Å². The van der Waals surface area contributed by atoms with Crippen molar-refractivity contribution in [1.29, 1.82) is 0 Å². The molecule has 3 aliphatic rings. The molecular formula is C14H18N4Se. The van der Waals surface area contributed by atoms with Crippen LogP contribution in [0.4, 0.5) is 17.1 Å². The van der Waals surface area contributed by atoms with Crippen LogP contribution in [0.1, 0.15) is 26.2 Å². The second-order valence-electron chi connectivity index (χ2n) is 5.79. The fourth-order valence-corrected chi connectivity index (χ4v) is 4.37. The third kappa shape index (κ3) is 2.20. The van der Waals surface area contributed by atoms with Gasteiger partial charge in [0.1, 0.15) is 0 Å². The number of anilines is 1. The summed E-state index contributed by atoms with van der Waals surface area (Å²) in [6.45, 7) is 3.54. The monoisotopic (exact) mass is 322 g/mol. The Morgan fingerprint density at radius 1 is 1.32 bits per heavy atom. The van der Waals surface area contributed by atoms with E-state index in [4.69, 9.17) is 0 Å². The van der Waals surface area contributed by atoms with Gasteiger partial charge in [-0.2, -0.15) is 0 Å². The maximum absolute atomic E-state index is 4.55. The second-order valence-corrected chi connectivity index (χ2v) is 6.90. The molecule has 0 radical (unpaired) electrons. The van der Waals surface area contributed by atoms with E-state index in [9.17, 15) is 0 Å². The SMILES string of the molecule is CC1CC(Nc2cccc3c2N=[Se]=N3)CN1C1CC1. The molecule has 2 heterocycles. The summed E-state index contributed by atoms with van der Waals surface area (Å²) in [7, 11) is 0. The Morgan fingerprint density at radius 3 is 3.05 bits per heavy atom. The molecule has 0 bridgehead atoms. The van der Waals surface area contributed by atoms with Crippen molar-refractivity contribution in [3.8, 4) is 0 Å². The molecule has 5 heteroatoms. The number of rotatable bonds is 3. The van der Waals surface area contributed by atoms with Crippen LogP contribution in [0.3, 0.4) is 0 Å². The van der Waals surface area contributed by atoms with Gasteiger partial charge < -0.3 is 0 Å². The fraction of sp³-hybridized carbons (Fsp3) is 0.571. The first kappa shape index (κ1) is 11.9. The summed E-state index contributed by atoms with van der Waals surface area (Å²) in [5.74, 6) is 0. The first-order valence-electron chi connectivity index (χ1n) is 7.05. The number of hydrogen-bond donors (Lipinski definition) is 1. The summed E-state index contributed by atoms with van der Waals surface area (Å²) in [4.78, 5) is 2.67. The molecule has 0 aromatic heterocycles. The zero-order valence-corrected chi connectivity index (χ0v) is 12.8. The molecular weight excluding hydrogens is 303 g/mol. The summed E-state index contributed by atoms with van der Waals surface area (Å²) in [5.41, 5.74) is 3.32. The Labute approximate surface area is 119 Å². The van der Waals surface area contributed by atoms with Crippen LogP contribution in [0, 0.1) is 0 Å². The molecule has 2 atom stereocenters. The van der Waals surface area contributed by atoms with Gasteiger partial charge in [0.2, 0.25) is 0 Å². The first-order chi connectivity index (χ1) is 9.31. The van der Waals surface area contributed by atoms with Crippen LogP contribution in [0.2, 0.25) is 0 Å². The zero-order valence-electron chi connectivity index (χ0n) is 11.0. The molecule has 100 valence electrons. The third-order valence-corrected chi connectivity index (χ3v) is 5.42. The maximum atomic E-state index is 4.55. The summed E-state index contributed by atoms with van der Waals surface area (Å²) >= 11 is 0.0587. The predicted octanol–water partition coefficient (Wildman–Crippen LogP) is 3.07. The molecule has 0 spiro atoms. The van der Waals surface area contributed by atoms with E-state index >= 15 is 0 Å².